The second-order valence-electron chi connectivity index (χ2n) is 8.14. The van der Waals surface area contributed by atoms with E-state index in [-0.39, 0.29) is 24.3 Å². The molecule has 0 saturated heterocycles. The van der Waals surface area contributed by atoms with Crippen LogP contribution in [0.15, 0.2) is 66.7 Å². The van der Waals surface area contributed by atoms with Gasteiger partial charge in [0.15, 0.2) is 0 Å². The molecule has 2 amide bonds. The number of carbonyl (C=O) groups is 2. The zero-order valence-electron chi connectivity index (χ0n) is 17.0. The Kier molecular flexibility index (Phi) is 4.62. The summed E-state index contributed by atoms with van der Waals surface area (Å²) in [4.78, 5) is 26.9. The van der Waals surface area contributed by atoms with Gasteiger partial charge in [-0.05, 0) is 58.4 Å². The topological polar surface area (TPSA) is 49.4 Å². The lowest BCUT2D eigenvalue weighted by Gasteiger charge is -2.36. The van der Waals surface area contributed by atoms with E-state index in [1.165, 1.54) is 27.8 Å². The van der Waals surface area contributed by atoms with E-state index in [0.717, 1.165) is 24.1 Å². The van der Waals surface area contributed by atoms with Crippen LogP contribution in [0.3, 0.4) is 0 Å². The Bertz CT molecular complexity index is 1150. The molecule has 0 saturated carbocycles. The average molecular weight is 396 g/mol. The first-order valence-electron chi connectivity index (χ1n) is 10.5. The molecule has 4 nitrogen and oxygen atoms in total. The third-order valence-electron chi connectivity index (χ3n) is 6.27. The van der Waals surface area contributed by atoms with E-state index in [0.29, 0.717) is 6.54 Å². The molecule has 4 heteroatoms. The number of hydrogen-bond donors (Lipinski definition) is 1. The predicted molar refractivity (Wildman–Crippen MR) is 118 cm³/mol. The van der Waals surface area contributed by atoms with E-state index >= 15 is 0 Å². The SMILES string of the molecule is CC(=O)N1CCc2ccccc2C1CC(=O)Nc1ccc2c(c1)Cc1ccccc1-2. The van der Waals surface area contributed by atoms with Crippen LogP contribution in [0, 0.1) is 0 Å². The van der Waals surface area contributed by atoms with Gasteiger partial charge < -0.3 is 10.2 Å². The second-order valence-corrected chi connectivity index (χ2v) is 8.14. The van der Waals surface area contributed by atoms with Crippen molar-refractivity contribution in [1.29, 1.82) is 0 Å². The maximum Gasteiger partial charge on any atom is 0.226 e. The lowest BCUT2D eigenvalue weighted by atomic mass is 9.90. The number of amides is 2. The van der Waals surface area contributed by atoms with E-state index in [1.807, 2.05) is 29.2 Å². The van der Waals surface area contributed by atoms with Gasteiger partial charge in [-0.2, -0.15) is 0 Å². The van der Waals surface area contributed by atoms with Crippen molar-refractivity contribution >= 4 is 17.5 Å². The summed E-state index contributed by atoms with van der Waals surface area (Å²) in [7, 11) is 0. The first-order chi connectivity index (χ1) is 14.6. The largest absolute Gasteiger partial charge is 0.335 e. The van der Waals surface area contributed by atoms with Crippen molar-refractivity contribution in [2.24, 2.45) is 0 Å². The molecule has 0 radical (unpaired) electrons. The molecule has 0 spiro atoms. The summed E-state index contributed by atoms with van der Waals surface area (Å²) >= 11 is 0. The molecule has 1 unspecified atom stereocenters. The van der Waals surface area contributed by atoms with Gasteiger partial charge in [0.1, 0.15) is 0 Å². The quantitative estimate of drug-likeness (QED) is 0.544. The van der Waals surface area contributed by atoms with Gasteiger partial charge in [0.2, 0.25) is 11.8 Å². The maximum absolute atomic E-state index is 12.9. The second kappa shape index (κ2) is 7.45. The Morgan fingerprint density at radius 2 is 1.67 bits per heavy atom. The number of fused-ring (bicyclic) bond motifs is 4. The van der Waals surface area contributed by atoms with Crippen LogP contribution in [0.1, 0.15) is 41.6 Å². The molecule has 0 aromatic heterocycles. The van der Waals surface area contributed by atoms with Crippen LogP contribution in [-0.2, 0) is 22.4 Å². The number of nitrogens with zero attached hydrogens (tertiary/aromatic N) is 1. The number of hydrogen-bond acceptors (Lipinski definition) is 2. The molecule has 30 heavy (non-hydrogen) atoms. The lowest BCUT2D eigenvalue weighted by molar-refractivity contribution is -0.132. The number of anilines is 1. The molecule has 1 aliphatic carbocycles. The third kappa shape index (κ3) is 3.28. The summed E-state index contributed by atoms with van der Waals surface area (Å²) in [6.07, 6.45) is 1.98. The fourth-order valence-electron chi connectivity index (χ4n) is 4.86. The lowest BCUT2D eigenvalue weighted by Crippen LogP contribution is -2.40. The molecule has 1 aliphatic heterocycles. The summed E-state index contributed by atoms with van der Waals surface area (Å²) in [5.41, 5.74) is 8.20. The van der Waals surface area contributed by atoms with Gasteiger partial charge in [-0.25, -0.2) is 0 Å². The van der Waals surface area contributed by atoms with Crippen LogP contribution in [0.5, 0.6) is 0 Å². The Balaban J connectivity index is 1.35. The zero-order chi connectivity index (χ0) is 20.7. The van der Waals surface area contributed by atoms with Crippen LogP contribution in [0.2, 0.25) is 0 Å². The average Bonchev–Trinajstić information content (AvgIpc) is 3.11. The molecule has 150 valence electrons. The predicted octanol–water partition coefficient (Wildman–Crippen LogP) is 4.73. The van der Waals surface area contributed by atoms with Crippen molar-refractivity contribution in [3.63, 3.8) is 0 Å². The van der Waals surface area contributed by atoms with E-state index in [1.54, 1.807) is 6.92 Å². The van der Waals surface area contributed by atoms with Gasteiger partial charge in [0.05, 0.1) is 12.5 Å². The van der Waals surface area contributed by atoms with Crippen LogP contribution in [0.25, 0.3) is 11.1 Å². The third-order valence-corrected chi connectivity index (χ3v) is 6.27. The molecule has 0 fully saturated rings. The fraction of sp³-hybridized carbons (Fsp3) is 0.231. The number of nitrogens with one attached hydrogen (secondary N) is 1. The van der Waals surface area contributed by atoms with Crippen molar-refractivity contribution in [1.82, 2.24) is 4.90 Å². The van der Waals surface area contributed by atoms with E-state index in [4.69, 9.17) is 0 Å². The summed E-state index contributed by atoms with van der Waals surface area (Å²) < 4.78 is 0. The van der Waals surface area contributed by atoms with Crippen LogP contribution in [0.4, 0.5) is 5.69 Å². The highest BCUT2D eigenvalue weighted by atomic mass is 16.2. The molecule has 3 aromatic rings. The highest BCUT2D eigenvalue weighted by molar-refractivity contribution is 5.92. The summed E-state index contributed by atoms with van der Waals surface area (Å²) in [6.45, 7) is 2.23. The smallest absolute Gasteiger partial charge is 0.226 e. The minimum Gasteiger partial charge on any atom is -0.335 e. The minimum absolute atomic E-state index is 0.0117. The van der Waals surface area contributed by atoms with Crippen LogP contribution >= 0.6 is 0 Å². The van der Waals surface area contributed by atoms with Gasteiger partial charge in [-0.15, -0.1) is 0 Å². The van der Waals surface area contributed by atoms with Crippen molar-refractivity contribution in [3.8, 4) is 11.1 Å². The number of rotatable bonds is 3. The molecule has 1 atom stereocenters. The number of benzene rings is 3. The first-order valence-corrected chi connectivity index (χ1v) is 10.5. The molecule has 0 bridgehead atoms. The monoisotopic (exact) mass is 396 g/mol. The maximum atomic E-state index is 12.9. The summed E-state index contributed by atoms with van der Waals surface area (Å²) in [5.74, 6) is -0.0592. The highest BCUT2D eigenvalue weighted by Crippen LogP contribution is 2.38. The summed E-state index contributed by atoms with van der Waals surface area (Å²) in [5, 5.41) is 3.06. The van der Waals surface area contributed by atoms with Gasteiger partial charge >= 0.3 is 0 Å². The molecule has 2 aliphatic rings. The summed E-state index contributed by atoms with van der Waals surface area (Å²) in [6, 6.07) is 22.5. The van der Waals surface area contributed by atoms with E-state index in [2.05, 4.69) is 47.8 Å². The molecular weight excluding hydrogens is 372 g/mol. The molecular formula is C26H24N2O2. The Morgan fingerprint density at radius 3 is 2.50 bits per heavy atom. The Hall–Kier alpha value is -3.40. The van der Waals surface area contributed by atoms with E-state index < -0.39 is 0 Å². The van der Waals surface area contributed by atoms with Crippen molar-refractivity contribution in [2.45, 2.75) is 32.2 Å². The zero-order valence-corrected chi connectivity index (χ0v) is 17.0. The Morgan fingerprint density at radius 1 is 0.933 bits per heavy atom. The van der Waals surface area contributed by atoms with Crippen molar-refractivity contribution in [3.05, 3.63) is 89.0 Å². The Labute approximate surface area is 176 Å². The molecule has 3 aromatic carbocycles. The van der Waals surface area contributed by atoms with Gasteiger partial charge in [0, 0.05) is 19.2 Å². The highest BCUT2D eigenvalue weighted by Gasteiger charge is 2.30. The van der Waals surface area contributed by atoms with Crippen molar-refractivity contribution < 1.29 is 9.59 Å². The molecule has 1 heterocycles. The van der Waals surface area contributed by atoms with Crippen molar-refractivity contribution in [2.75, 3.05) is 11.9 Å². The fourth-order valence-corrected chi connectivity index (χ4v) is 4.86. The van der Waals surface area contributed by atoms with Crippen LogP contribution in [-0.4, -0.2) is 23.3 Å². The van der Waals surface area contributed by atoms with E-state index in [9.17, 15) is 9.59 Å². The van der Waals surface area contributed by atoms with Crippen LogP contribution < -0.4 is 5.32 Å². The molecule has 1 N–H and O–H groups in total. The van der Waals surface area contributed by atoms with Gasteiger partial charge in [-0.1, -0.05) is 54.6 Å². The first kappa shape index (κ1) is 18.6. The minimum atomic E-state index is -0.217. The van der Waals surface area contributed by atoms with Gasteiger partial charge in [-0.3, -0.25) is 9.59 Å². The normalized spacial score (nSPS) is 16.4. The van der Waals surface area contributed by atoms with Gasteiger partial charge in [0.25, 0.3) is 0 Å². The standard InChI is InChI=1S/C26H24N2O2/c1-17(29)28-13-12-18-6-2-5-9-24(18)25(28)16-26(30)27-21-10-11-23-20(15-21)14-19-7-3-4-8-22(19)23/h2-11,15,25H,12-14,16H2,1H3,(H,27,30). The molecule has 5 rings (SSSR count). The number of carbonyl (C=O) groups excluding carboxylic acids is 2.